The number of amides is 2. The van der Waals surface area contributed by atoms with Gasteiger partial charge in [0.05, 0.1) is 5.69 Å². The fraction of sp³-hybridized carbons (Fsp3) is 0.179. The number of nitrogens with one attached hydrogen (secondary N) is 2. The van der Waals surface area contributed by atoms with Crippen molar-refractivity contribution in [3.63, 3.8) is 0 Å². The molecule has 35 heavy (non-hydrogen) atoms. The number of para-hydroxylation sites is 2. The highest BCUT2D eigenvalue weighted by Crippen LogP contribution is 2.32. The van der Waals surface area contributed by atoms with Crippen molar-refractivity contribution < 1.29 is 9.59 Å². The summed E-state index contributed by atoms with van der Waals surface area (Å²) in [5, 5.41) is 4.16. The Morgan fingerprint density at radius 1 is 1.03 bits per heavy atom. The standard InChI is InChI=1S/C28H26N4O2S/c1-19-11-13-22(14-12-19)31-28-32(16-15-20-18-29-24-10-6-5-9-23(20)24)27(34)25(35-28)17-26(33)30-21-7-3-2-4-8-21/h2-14,18,25,29H,15-17H2,1H3,(H,30,33)/t25-/m1/s1. The summed E-state index contributed by atoms with van der Waals surface area (Å²) in [6.07, 6.45) is 2.78. The van der Waals surface area contributed by atoms with Crippen LogP contribution < -0.4 is 5.32 Å². The molecule has 0 aliphatic carbocycles. The highest BCUT2D eigenvalue weighted by molar-refractivity contribution is 8.15. The van der Waals surface area contributed by atoms with Gasteiger partial charge in [0.25, 0.3) is 0 Å². The summed E-state index contributed by atoms with van der Waals surface area (Å²) in [5.41, 5.74) is 4.89. The first-order valence-electron chi connectivity index (χ1n) is 11.6. The molecule has 2 N–H and O–H groups in total. The quantitative estimate of drug-likeness (QED) is 0.356. The van der Waals surface area contributed by atoms with Gasteiger partial charge >= 0.3 is 0 Å². The molecule has 0 radical (unpaired) electrons. The van der Waals surface area contributed by atoms with Gasteiger partial charge in [-0.2, -0.15) is 0 Å². The van der Waals surface area contributed by atoms with Crippen LogP contribution in [0.4, 0.5) is 11.4 Å². The Labute approximate surface area is 208 Å². The molecule has 1 aliphatic heterocycles. The molecular formula is C28H26N4O2S. The van der Waals surface area contributed by atoms with Gasteiger partial charge in [-0.3, -0.25) is 14.5 Å². The minimum absolute atomic E-state index is 0.0797. The van der Waals surface area contributed by atoms with E-state index < -0.39 is 5.25 Å². The highest BCUT2D eigenvalue weighted by atomic mass is 32.2. The molecule has 0 bridgehead atoms. The molecule has 1 saturated heterocycles. The van der Waals surface area contributed by atoms with E-state index in [-0.39, 0.29) is 18.2 Å². The second-order valence-electron chi connectivity index (χ2n) is 8.55. The molecule has 0 saturated carbocycles. The number of thioether (sulfide) groups is 1. The third kappa shape index (κ3) is 5.30. The van der Waals surface area contributed by atoms with Crippen molar-refractivity contribution in [2.45, 2.75) is 25.0 Å². The van der Waals surface area contributed by atoms with Crippen molar-refractivity contribution in [2.75, 3.05) is 11.9 Å². The summed E-state index contributed by atoms with van der Waals surface area (Å²) in [7, 11) is 0. The lowest BCUT2D eigenvalue weighted by Gasteiger charge is -2.16. The Morgan fingerprint density at radius 2 is 1.77 bits per heavy atom. The molecule has 0 spiro atoms. The predicted octanol–water partition coefficient (Wildman–Crippen LogP) is 5.68. The molecule has 2 heterocycles. The van der Waals surface area contributed by atoms with Crippen LogP contribution in [0.25, 0.3) is 10.9 Å². The fourth-order valence-corrected chi connectivity index (χ4v) is 5.32. The Hall–Kier alpha value is -3.84. The number of aliphatic imine (C=N–C) groups is 1. The van der Waals surface area contributed by atoms with Crippen LogP contribution in [0.5, 0.6) is 0 Å². The van der Waals surface area contributed by atoms with Crippen LogP contribution in [0.15, 0.2) is 90.1 Å². The Bertz CT molecular complexity index is 1380. The predicted molar refractivity (Wildman–Crippen MR) is 143 cm³/mol. The molecule has 7 heteroatoms. The van der Waals surface area contributed by atoms with Crippen molar-refractivity contribution in [2.24, 2.45) is 4.99 Å². The van der Waals surface area contributed by atoms with E-state index in [0.717, 1.165) is 33.4 Å². The van der Waals surface area contributed by atoms with Gasteiger partial charge in [-0.25, -0.2) is 4.99 Å². The van der Waals surface area contributed by atoms with Crippen molar-refractivity contribution in [1.29, 1.82) is 0 Å². The Kier molecular flexibility index (Phi) is 6.68. The van der Waals surface area contributed by atoms with E-state index in [9.17, 15) is 9.59 Å². The number of rotatable bonds is 7. The highest BCUT2D eigenvalue weighted by Gasteiger charge is 2.39. The summed E-state index contributed by atoms with van der Waals surface area (Å²) < 4.78 is 0. The van der Waals surface area contributed by atoms with Gasteiger partial charge in [0.15, 0.2) is 5.17 Å². The lowest BCUT2D eigenvalue weighted by Crippen LogP contribution is -2.35. The summed E-state index contributed by atoms with van der Waals surface area (Å²) in [4.78, 5) is 35.9. The van der Waals surface area contributed by atoms with Gasteiger partial charge in [0.2, 0.25) is 11.8 Å². The first-order chi connectivity index (χ1) is 17.1. The van der Waals surface area contributed by atoms with Crippen molar-refractivity contribution in [3.05, 3.63) is 96.2 Å². The van der Waals surface area contributed by atoms with Crippen LogP contribution in [0.1, 0.15) is 17.5 Å². The number of carbonyl (C=O) groups excluding carboxylic acids is 2. The third-order valence-corrected chi connectivity index (χ3v) is 7.16. The zero-order valence-electron chi connectivity index (χ0n) is 19.4. The number of aryl methyl sites for hydroxylation is 1. The number of hydrogen-bond acceptors (Lipinski definition) is 4. The van der Waals surface area contributed by atoms with E-state index >= 15 is 0 Å². The van der Waals surface area contributed by atoms with E-state index in [2.05, 4.69) is 16.4 Å². The number of carbonyl (C=O) groups is 2. The van der Waals surface area contributed by atoms with Crippen molar-refractivity contribution in [1.82, 2.24) is 9.88 Å². The second-order valence-corrected chi connectivity index (χ2v) is 9.72. The van der Waals surface area contributed by atoms with Crippen LogP contribution in [0.2, 0.25) is 0 Å². The normalized spacial score (nSPS) is 16.8. The number of H-pyrrole nitrogens is 1. The number of anilines is 1. The second kappa shape index (κ2) is 10.2. The average molecular weight is 483 g/mol. The summed E-state index contributed by atoms with van der Waals surface area (Å²) in [5.74, 6) is -0.265. The molecule has 2 amide bonds. The molecule has 0 unspecified atom stereocenters. The largest absolute Gasteiger partial charge is 0.361 e. The van der Waals surface area contributed by atoms with Crippen molar-refractivity contribution in [3.8, 4) is 0 Å². The minimum Gasteiger partial charge on any atom is -0.361 e. The monoisotopic (exact) mass is 482 g/mol. The van der Waals surface area contributed by atoms with Gasteiger partial charge in [0.1, 0.15) is 5.25 Å². The molecule has 4 aromatic rings. The summed E-state index contributed by atoms with van der Waals surface area (Å²) in [6, 6.07) is 25.3. The van der Waals surface area contributed by atoms with E-state index in [1.165, 1.54) is 11.8 Å². The molecule has 1 aromatic heterocycles. The number of benzene rings is 3. The van der Waals surface area contributed by atoms with Crippen LogP contribution >= 0.6 is 11.8 Å². The zero-order chi connectivity index (χ0) is 24.2. The third-order valence-electron chi connectivity index (χ3n) is 5.99. The lowest BCUT2D eigenvalue weighted by atomic mass is 10.1. The topological polar surface area (TPSA) is 77.6 Å². The summed E-state index contributed by atoms with van der Waals surface area (Å²) >= 11 is 1.36. The molecule has 1 fully saturated rings. The number of nitrogens with zero attached hydrogens (tertiary/aromatic N) is 2. The molecule has 1 aliphatic rings. The van der Waals surface area contributed by atoms with E-state index in [0.29, 0.717) is 18.1 Å². The van der Waals surface area contributed by atoms with Gasteiger partial charge < -0.3 is 10.3 Å². The molecule has 6 nitrogen and oxygen atoms in total. The number of amidine groups is 1. The number of hydrogen-bond donors (Lipinski definition) is 2. The van der Waals surface area contributed by atoms with Crippen LogP contribution in [-0.4, -0.2) is 38.7 Å². The molecular weight excluding hydrogens is 456 g/mol. The number of fused-ring (bicyclic) bond motifs is 1. The number of aromatic nitrogens is 1. The van der Waals surface area contributed by atoms with E-state index in [4.69, 9.17) is 4.99 Å². The maximum absolute atomic E-state index is 13.4. The lowest BCUT2D eigenvalue weighted by molar-refractivity contribution is -0.128. The van der Waals surface area contributed by atoms with Crippen molar-refractivity contribution >= 4 is 51.0 Å². The van der Waals surface area contributed by atoms with Crippen LogP contribution in [-0.2, 0) is 16.0 Å². The van der Waals surface area contributed by atoms with Gasteiger partial charge in [-0.1, -0.05) is 65.9 Å². The molecule has 3 aromatic carbocycles. The van der Waals surface area contributed by atoms with Gasteiger partial charge in [-0.05, 0) is 49.2 Å². The Balaban J connectivity index is 1.35. The van der Waals surface area contributed by atoms with Crippen LogP contribution in [0.3, 0.4) is 0 Å². The molecule has 5 rings (SSSR count). The van der Waals surface area contributed by atoms with Crippen LogP contribution in [0, 0.1) is 6.92 Å². The maximum Gasteiger partial charge on any atom is 0.242 e. The van der Waals surface area contributed by atoms with E-state index in [1.54, 1.807) is 4.90 Å². The smallest absolute Gasteiger partial charge is 0.242 e. The Morgan fingerprint density at radius 3 is 2.57 bits per heavy atom. The first kappa shape index (κ1) is 22.9. The van der Waals surface area contributed by atoms with E-state index in [1.807, 2.05) is 85.9 Å². The molecule has 1 atom stereocenters. The molecule has 176 valence electrons. The SMILES string of the molecule is Cc1ccc(N=C2S[C@H](CC(=O)Nc3ccccc3)C(=O)N2CCc2c[nH]c3ccccc23)cc1. The number of aromatic amines is 1. The maximum atomic E-state index is 13.4. The summed E-state index contributed by atoms with van der Waals surface area (Å²) in [6.45, 7) is 2.52. The first-order valence-corrected chi connectivity index (χ1v) is 12.5. The zero-order valence-corrected chi connectivity index (χ0v) is 20.2. The minimum atomic E-state index is -0.508. The van der Waals surface area contributed by atoms with Gasteiger partial charge in [0, 0.05) is 35.8 Å². The average Bonchev–Trinajstić information content (AvgIpc) is 3.40. The fourth-order valence-electron chi connectivity index (χ4n) is 4.13. The van der Waals surface area contributed by atoms with Gasteiger partial charge in [-0.15, -0.1) is 0 Å².